The normalized spacial score (nSPS) is 14.0. The van der Waals surface area contributed by atoms with Crippen LogP contribution in [0.2, 0.25) is 9.36 Å². The minimum absolute atomic E-state index is 0.0961. The van der Waals surface area contributed by atoms with Crippen molar-refractivity contribution >= 4 is 40.6 Å². The van der Waals surface area contributed by atoms with Crippen LogP contribution in [0, 0.1) is 0 Å². The quantitative estimate of drug-likeness (QED) is 0.780. The van der Waals surface area contributed by atoms with E-state index in [0.29, 0.717) is 47.0 Å². The average Bonchev–Trinajstić information content (AvgIpc) is 3.01. The standard InChI is InChI=1S/C17H18Cl2N2O3S/c1-10(14-2-3-15(19)25-14)21-17(22)20-5-4-11-8-12(18)16-13(9-11)23-6-7-24-16/h2-3,8-10H,4-7H2,1H3,(H2,20,21,22). The van der Waals surface area contributed by atoms with Gasteiger partial charge < -0.3 is 20.1 Å². The Morgan fingerprint density at radius 1 is 1.28 bits per heavy atom. The molecule has 0 saturated heterocycles. The molecule has 0 saturated carbocycles. The minimum Gasteiger partial charge on any atom is -0.486 e. The van der Waals surface area contributed by atoms with Crippen LogP contribution in [-0.4, -0.2) is 25.8 Å². The van der Waals surface area contributed by atoms with Gasteiger partial charge in [-0.25, -0.2) is 4.79 Å². The number of hydrogen-bond acceptors (Lipinski definition) is 4. The van der Waals surface area contributed by atoms with Gasteiger partial charge >= 0.3 is 6.03 Å². The van der Waals surface area contributed by atoms with Gasteiger partial charge in [0.1, 0.15) is 13.2 Å². The first-order chi connectivity index (χ1) is 12.0. The zero-order chi connectivity index (χ0) is 17.8. The Balaban J connectivity index is 1.49. The summed E-state index contributed by atoms with van der Waals surface area (Å²) in [4.78, 5) is 13.0. The molecule has 2 N–H and O–H groups in total. The number of ether oxygens (including phenoxy) is 2. The second kappa shape index (κ2) is 8.17. The topological polar surface area (TPSA) is 59.6 Å². The number of amides is 2. The Labute approximate surface area is 160 Å². The van der Waals surface area contributed by atoms with E-state index in [2.05, 4.69) is 10.6 Å². The van der Waals surface area contributed by atoms with Gasteiger partial charge in [0.15, 0.2) is 11.5 Å². The molecule has 1 aromatic heterocycles. The lowest BCUT2D eigenvalue weighted by Gasteiger charge is -2.20. The summed E-state index contributed by atoms with van der Waals surface area (Å²) in [6, 6.07) is 7.15. The molecule has 0 bridgehead atoms. The van der Waals surface area contributed by atoms with Crippen LogP contribution in [0.5, 0.6) is 11.5 Å². The van der Waals surface area contributed by atoms with Crippen molar-refractivity contribution in [1.82, 2.24) is 10.6 Å². The molecule has 1 aromatic carbocycles. The lowest BCUT2D eigenvalue weighted by molar-refractivity contribution is 0.171. The predicted octanol–water partition coefficient (Wildman–Crippen LogP) is 4.43. The van der Waals surface area contributed by atoms with Crippen molar-refractivity contribution in [2.45, 2.75) is 19.4 Å². The number of benzene rings is 1. The van der Waals surface area contributed by atoms with Crippen molar-refractivity contribution in [3.8, 4) is 11.5 Å². The number of nitrogens with one attached hydrogen (secondary N) is 2. The Morgan fingerprint density at radius 3 is 2.84 bits per heavy atom. The number of fused-ring (bicyclic) bond motifs is 1. The zero-order valence-electron chi connectivity index (χ0n) is 13.6. The summed E-state index contributed by atoms with van der Waals surface area (Å²) in [7, 11) is 0. The minimum atomic E-state index is -0.222. The monoisotopic (exact) mass is 400 g/mol. The van der Waals surface area contributed by atoms with Crippen molar-refractivity contribution in [3.63, 3.8) is 0 Å². The number of carbonyl (C=O) groups is 1. The van der Waals surface area contributed by atoms with Crippen molar-refractivity contribution in [3.05, 3.63) is 44.1 Å². The Kier molecular flexibility index (Phi) is 5.93. The predicted molar refractivity (Wildman–Crippen MR) is 100 cm³/mol. The largest absolute Gasteiger partial charge is 0.486 e. The van der Waals surface area contributed by atoms with Crippen molar-refractivity contribution in [2.24, 2.45) is 0 Å². The first kappa shape index (κ1) is 18.2. The molecule has 2 heterocycles. The molecule has 0 fully saturated rings. The molecule has 3 rings (SSSR count). The van der Waals surface area contributed by atoms with Crippen LogP contribution in [0.1, 0.15) is 23.4 Å². The third kappa shape index (κ3) is 4.71. The summed E-state index contributed by atoms with van der Waals surface area (Å²) < 4.78 is 11.8. The van der Waals surface area contributed by atoms with Crippen LogP contribution in [0.15, 0.2) is 24.3 Å². The van der Waals surface area contributed by atoms with Gasteiger partial charge in [-0.15, -0.1) is 11.3 Å². The summed E-state index contributed by atoms with van der Waals surface area (Å²) in [6.07, 6.45) is 0.642. The second-order valence-electron chi connectivity index (χ2n) is 5.62. The zero-order valence-corrected chi connectivity index (χ0v) is 15.9. The van der Waals surface area contributed by atoms with E-state index in [4.69, 9.17) is 32.7 Å². The van der Waals surface area contributed by atoms with Gasteiger partial charge in [-0.3, -0.25) is 0 Å². The lowest BCUT2D eigenvalue weighted by atomic mass is 10.1. The fraction of sp³-hybridized carbons (Fsp3) is 0.353. The first-order valence-electron chi connectivity index (χ1n) is 7.90. The molecule has 1 aliphatic rings. The number of halogens is 2. The second-order valence-corrected chi connectivity index (χ2v) is 7.77. The van der Waals surface area contributed by atoms with Gasteiger partial charge in [0, 0.05) is 11.4 Å². The summed E-state index contributed by atoms with van der Waals surface area (Å²) in [5.41, 5.74) is 0.979. The van der Waals surface area contributed by atoms with Gasteiger partial charge in [0.05, 0.1) is 15.4 Å². The van der Waals surface area contributed by atoms with E-state index >= 15 is 0 Å². The van der Waals surface area contributed by atoms with Crippen LogP contribution < -0.4 is 20.1 Å². The lowest BCUT2D eigenvalue weighted by Crippen LogP contribution is -2.37. The highest BCUT2D eigenvalue weighted by Gasteiger charge is 2.17. The number of rotatable bonds is 5. The third-order valence-electron chi connectivity index (χ3n) is 3.72. The van der Waals surface area contributed by atoms with Gasteiger partial charge in [-0.05, 0) is 43.2 Å². The first-order valence-corrected chi connectivity index (χ1v) is 9.48. The SMILES string of the molecule is CC(NC(=O)NCCc1cc(Cl)c2c(c1)OCCO2)c1ccc(Cl)s1. The molecular weight excluding hydrogens is 383 g/mol. The molecular formula is C17H18Cl2N2O3S. The Morgan fingerprint density at radius 2 is 2.08 bits per heavy atom. The smallest absolute Gasteiger partial charge is 0.315 e. The van der Waals surface area contributed by atoms with Crippen LogP contribution in [0.3, 0.4) is 0 Å². The number of urea groups is 1. The van der Waals surface area contributed by atoms with Crippen LogP contribution in [-0.2, 0) is 6.42 Å². The van der Waals surface area contributed by atoms with E-state index in [-0.39, 0.29) is 12.1 Å². The summed E-state index contributed by atoms with van der Waals surface area (Å²) in [5, 5.41) is 6.26. The highest BCUT2D eigenvalue weighted by molar-refractivity contribution is 7.16. The molecule has 1 aliphatic heterocycles. The molecule has 1 unspecified atom stereocenters. The molecule has 2 aromatic rings. The fourth-order valence-corrected chi connectivity index (χ4v) is 3.86. The van der Waals surface area contributed by atoms with E-state index in [1.165, 1.54) is 11.3 Å². The maximum atomic E-state index is 12.0. The van der Waals surface area contributed by atoms with E-state index < -0.39 is 0 Å². The van der Waals surface area contributed by atoms with E-state index in [1.54, 1.807) is 0 Å². The molecule has 0 spiro atoms. The molecule has 25 heavy (non-hydrogen) atoms. The van der Waals surface area contributed by atoms with Gasteiger partial charge in [0.25, 0.3) is 0 Å². The Bertz CT molecular complexity index is 766. The van der Waals surface area contributed by atoms with Crippen molar-refractivity contribution in [2.75, 3.05) is 19.8 Å². The van der Waals surface area contributed by atoms with Gasteiger partial charge in [-0.2, -0.15) is 0 Å². The summed E-state index contributed by atoms with van der Waals surface area (Å²) in [5.74, 6) is 1.24. The molecule has 5 nitrogen and oxygen atoms in total. The van der Waals surface area contributed by atoms with E-state index in [0.717, 1.165) is 10.4 Å². The van der Waals surface area contributed by atoms with E-state index in [1.807, 2.05) is 31.2 Å². The van der Waals surface area contributed by atoms with Crippen molar-refractivity contribution < 1.29 is 14.3 Å². The summed E-state index contributed by atoms with van der Waals surface area (Å²) in [6.45, 7) is 3.42. The van der Waals surface area contributed by atoms with Crippen LogP contribution in [0.25, 0.3) is 0 Å². The number of thiophene rings is 1. The highest BCUT2D eigenvalue weighted by atomic mass is 35.5. The maximum Gasteiger partial charge on any atom is 0.315 e. The molecule has 8 heteroatoms. The molecule has 0 aliphatic carbocycles. The van der Waals surface area contributed by atoms with Gasteiger partial charge in [0.2, 0.25) is 0 Å². The third-order valence-corrected chi connectivity index (χ3v) is 5.42. The Hall–Kier alpha value is -1.63. The van der Waals surface area contributed by atoms with Gasteiger partial charge in [-0.1, -0.05) is 23.2 Å². The van der Waals surface area contributed by atoms with Crippen LogP contribution >= 0.6 is 34.5 Å². The van der Waals surface area contributed by atoms with Crippen LogP contribution in [0.4, 0.5) is 4.79 Å². The fourth-order valence-electron chi connectivity index (χ4n) is 2.51. The highest BCUT2D eigenvalue weighted by Crippen LogP contribution is 2.38. The average molecular weight is 401 g/mol. The number of carbonyl (C=O) groups excluding carboxylic acids is 1. The van der Waals surface area contributed by atoms with E-state index in [9.17, 15) is 4.79 Å². The van der Waals surface area contributed by atoms with Crippen molar-refractivity contribution in [1.29, 1.82) is 0 Å². The number of hydrogen-bond donors (Lipinski definition) is 2. The molecule has 0 radical (unpaired) electrons. The summed E-state index contributed by atoms with van der Waals surface area (Å²) >= 11 is 13.6. The molecule has 1 atom stereocenters. The molecule has 134 valence electrons. The molecule has 2 amide bonds. The maximum absolute atomic E-state index is 12.0.